The molecule has 0 aliphatic carbocycles. The molecule has 1 aliphatic heterocycles. The van der Waals surface area contributed by atoms with E-state index in [0.29, 0.717) is 5.75 Å². The molecule has 0 N–H and O–H groups in total. The molecule has 2 aromatic rings. The van der Waals surface area contributed by atoms with E-state index in [1.807, 2.05) is 53.1 Å². The minimum absolute atomic E-state index is 0.0758. The van der Waals surface area contributed by atoms with Crippen LogP contribution in [0.15, 0.2) is 65.6 Å². The lowest BCUT2D eigenvalue weighted by molar-refractivity contribution is 0.140. The highest BCUT2D eigenvalue weighted by atomic mass is 32.2. The molecule has 0 bridgehead atoms. The van der Waals surface area contributed by atoms with E-state index in [2.05, 4.69) is 38.1 Å². The SMILES string of the molecule is CC(C)(Sc1ccccc1)C1CCCN1C(=O)Oc1ccccc1. The summed E-state index contributed by atoms with van der Waals surface area (Å²) in [4.78, 5) is 15.7. The Labute approximate surface area is 148 Å². The number of amides is 1. The fraction of sp³-hybridized carbons (Fsp3) is 0.350. The van der Waals surface area contributed by atoms with Crippen molar-refractivity contribution in [2.75, 3.05) is 6.54 Å². The van der Waals surface area contributed by atoms with E-state index in [0.717, 1.165) is 19.4 Å². The summed E-state index contributed by atoms with van der Waals surface area (Å²) in [6.45, 7) is 5.18. The first kappa shape index (κ1) is 16.9. The Hall–Kier alpha value is -1.94. The van der Waals surface area contributed by atoms with Crippen molar-refractivity contribution in [3.8, 4) is 5.75 Å². The van der Waals surface area contributed by atoms with Crippen LogP contribution in [0.1, 0.15) is 26.7 Å². The Kier molecular flexibility index (Phi) is 5.14. The van der Waals surface area contributed by atoms with Crippen molar-refractivity contribution in [2.45, 2.75) is 42.4 Å². The molecule has 0 radical (unpaired) electrons. The lowest BCUT2D eigenvalue weighted by Crippen LogP contribution is -2.47. The molecule has 1 heterocycles. The maximum absolute atomic E-state index is 12.6. The van der Waals surface area contributed by atoms with Gasteiger partial charge in [-0.1, -0.05) is 36.4 Å². The van der Waals surface area contributed by atoms with Gasteiger partial charge in [-0.2, -0.15) is 0 Å². The highest BCUT2D eigenvalue weighted by molar-refractivity contribution is 8.00. The number of thioether (sulfide) groups is 1. The fourth-order valence-corrected chi connectivity index (χ4v) is 4.50. The van der Waals surface area contributed by atoms with Gasteiger partial charge in [0.25, 0.3) is 0 Å². The van der Waals surface area contributed by atoms with Crippen LogP contribution in [0.25, 0.3) is 0 Å². The summed E-state index contributed by atoms with van der Waals surface area (Å²) in [6, 6.07) is 19.8. The molecule has 126 valence electrons. The molecule has 2 aromatic carbocycles. The topological polar surface area (TPSA) is 29.5 Å². The summed E-state index contributed by atoms with van der Waals surface area (Å²) in [6.07, 6.45) is 1.79. The van der Waals surface area contributed by atoms with Crippen molar-refractivity contribution in [1.82, 2.24) is 4.90 Å². The maximum Gasteiger partial charge on any atom is 0.415 e. The van der Waals surface area contributed by atoms with Crippen LogP contribution in [0.4, 0.5) is 4.79 Å². The number of rotatable bonds is 4. The minimum Gasteiger partial charge on any atom is -0.410 e. The van der Waals surface area contributed by atoms with Gasteiger partial charge in [0.05, 0.1) is 0 Å². The number of hydrogen-bond acceptors (Lipinski definition) is 3. The largest absolute Gasteiger partial charge is 0.415 e. The highest BCUT2D eigenvalue weighted by Gasteiger charge is 2.41. The van der Waals surface area contributed by atoms with E-state index in [1.165, 1.54) is 4.90 Å². The van der Waals surface area contributed by atoms with Gasteiger partial charge in [0.2, 0.25) is 0 Å². The third-order valence-electron chi connectivity index (χ3n) is 4.36. The number of ether oxygens (including phenoxy) is 1. The van der Waals surface area contributed by atoms with Gasteiger partial charge < -0.3 is 9.64 Å². The first-order valence-electron chi connectivity index (χ1n) is 8.34. The number of nitrogens with zero attached hydrogens (tertiary/aromatic N) is 1. The van der Waals surface area contributed by atoms with Crippen LogP contribution in [0.2, 0.25) is 0 Å². The van der Waals surface area contributed by atoms with Gasteiger partial charge in [0.15, 0.2) is 0 Å². The van der Waals surface area contributed by atoms with Gasteiger partial charge in [-0.15, -0.1) is 11.8 Å². The normalized spacial score (nSPS) is 17.8. The zero-order valence-electron chi connectivity index (χ0n) is 14.1. The van der Waals surface area contributed by atoms with E-state index >= 15 is 0 Å². The lowest BCUT2D eigenvalue weighted by Gasteiger charge is -2.36. The predicted octanol–water partition coefficient (Wildman–Crippen LogP) is 5.22. The third kappa shape index (κ3) is 3.93. The summed E-state index contributed by atoms with van der Waals surface area (Å²) < 4.78 is 5.48. The van der Waals surface area contributed by atoms with E-state index in [9.17, 15) is 4.79 Å². The quantitative estimate of drug-likeness (QED) is 0.714. The van der Waals surface area contributed by atoms with Gasteiger partial charge in [-0.25, -0.2) is 4.79 Å². The second-order valence-corrected chi connectivity index (χ2v) is 8.28. The van der Waals surface area contributed by atoms with Crippen molar-refractivity contribution in [3.05, 3.63) is 60.7 Å². The van der Waals surface area contributed by atoms with E-state index in [-0.39, 0.29) is 16.9 Å². The smallest absolute Gasteiger partial charge is 0.410 e. The van der Waals surface area contributed by atoms with Crippen LogP contribution in [-0.2, 0) is 0 Å². The zero-order valence-corrected chi connectivity index (χ0v) is 15.0. The lowest BCUT2D eigenvalue weighted by atomic mass is 10.0. The Morgan fingerprint density at radius 2 is 1.71 bits per heavy atom. The van der Waals surface area contributed by atoms with Crippen LogP contribution in [0.5, 0.6) is 5.75 Å². The van der Waals surface area contributed by atoms with E-state index in [1.54, 1.807) is 0 Å². The molecule has 1 amide bonds. The Balaban J connectivity index is 1.71. The Bertz CT molecular complexity index is 673. The summed E-state index contributed by atoms with van der Waals surface area (Å²) >= 11 is 1.82. The molecule has 4 heteroatoms. The van der Waals surface area contributed by atoms with Crippen molar-refractivity contribution < 1.29 is 9.53 Å². The van der Waals surface area contributed by atoms with E-state index < -0.39 is 0 Å². The Morgan fingerprint density at radius 1 is 1.08 bits per heavy atom. The molecule has 24 heavy (non-hydrogen) atoms. The van der Waals surface area contributed by atoms with Crippen LogP contribution in [0.3, 0.4) is 0 Å². The molecular formula is C20H23NO2S. The van der Waals surface area contributed by atoms with Gasteiger partial charge >= 0.3 is 6.09 Å². The predicted molar refractivity (Wildman–Crippen MR) is 98.6 cm³/mol. The van der Waals surface area contributed by atoms with Crippen molar-refractivity contribution in [1.29, 1.82) is 0 Å². The van der Waals surface area contributed by atoms with Crippen molar-refractivity contribution in [2.24, 2.45) is 0 Å². The molecule has 1 saturated heterocycles. The van der Waals surface area contributed by atoms with Crippen molar-refractivity contribution >= 4 is 17.9 Å². The molecule has 3 rings (SSSR count). The molecule has 0 aromatic heterocycles. The summed E-state index contributed by atoms with van der Waals surface area (Å²) in [5.74, 6) is 0.599. The van der Waals surface area contributed by atoms with Gasteiger partial charge in [-0.3, -0.25) is 0 Å². The maximum atomic E-state index is 12.6. The van der Waals surface area contributed by atoms with Gasteiger partial charge in [-0.05, 0) is 51.0 Å². The number of carbonyl (C=O) groups excluding carboxylic acids is 1. The van der Waals surface area contributed by atoms with Crippen LogP contribution >= 0.6 is 11.8 Å². The Morgan fingerprint density at radius 3 is 2.38 bits per heavy atom. The average Bonchev–Trinajstić information content (AvgIpc) is 3.07. The molecule has 0 saturated carbocycles. The molecule has 1 fully saturated rings. The zero-order chi connectivity index (χ0) is 17.0. The first-order chi connectivity index (χ1) is 11.6. The molecule has 3 nitrogen and oxygen atoms in total. The number of likely N-dealkylation sites (tertiary alicyclic amines) is 1. The molecular weight excluding hydrogens is 318 g/mol. The molecule has 1 unspecified atom stereocenters. The number of hydrogen-bond donors (Lipinski definition) is 0. The van der Waals surface area contributed by atoms with Gasteiger partial charge in [0.1, 0.15) is 5.75 Å². The summed E-state index contributed by atoms with van der Waals surface area (Å²) in [5, 5.41) is 0. The standard InChI is InChI=1S/C20H23NO2S/c1-20(2,24-17-12-7-4-8-13-17)18-14-9-15-21(18)19(22)23-16-10-5-3-6-11-16/h3-8,10-13,18H,9,14-15H2,1-2H3. The number of para-hydroxylation sites is 1. The van der Waals surface area contributed by atoms with Crippen molar-refractivity contribution in [3.63, 3.8) is 0 Å². The monoisotopic (exact) mass is 341 g/mol. The number of benzene rings is 2. The van der Waals surface area contributed by atoms with Gasteiger partial charge in [0, 0.05) is 22.2 Å². The van der Waals surface area contributed by atoms with Crippen LogP contribution < -0.4 is 4.74 Å². The second-order valence-electron chi connectivity index (χ2n) is 6.55. The summed E-state index contributed by atoms with van der Waals surface area (Å²) in [5.41, 5.74) is 0. The number of carbonyl (C=O) groups is 1. The third-order valence-corrected chi connectivity index (χ3v) is 5.67. The van der Waals surface area contributed by atoms with Crippen LogP contribution in [0, 0.1) is 0 Å². The van der Waals surface area contributed by atoms with E-state index in [4.69, 9.17) is 4.74 Å². The van der Waals surface area contributed by atoms with Crippen LogP contribution in [-0.4, -0.2) is 28.3 Å². The first-order valence-corrected chi connectivity index (χ1v) is 9.15. The second kappa shape index (κ2) is 7.31. The fourth-order valence-electron chi connectivity index (χ4n) is 3.22. The summed E-state index contributed by atoms with van der Waals surface area (Å²) in [7, 11) is 0. The minimum atomic E-state index is -0.245. The molecule has 1 aliphatic rings. The highest BCUT2D eigenvalue weighted by Crippen LogP contribution is 2.41. The average molecular weight is 341 g/mol. The molecule has 0 spiro atoms. The molecule has 1 atom stereocenters.